The average Bonchev–Trinajstić information content (AvgIpc) is 3.56. The second-order valence-corrected chi connectivity index (χ2v) is 11.2. The molecule has 1 aromatic heterocycles. The van der Waals surface area contributed by atoms with Crippen LogP contribution in [0.1, 0.15) is 9.60 Å². The number of benzene rings is 8. The molecule has 0 aliphatic heterocycles. The zero-order valence-electron chi connectivity index (χ0n) is 31.6. The van der Waals surface area contributed by atoms with Crippen LogP contribution in [-0.4, -0.2) is 0 Å². The smallest absolute Gasteiger partial charge is 0.136 e. The third-order valence-electron chi connectivity index (χ3n) is 8.55. The number of para-hydroxylation sites is 1. The van der Waals surface area contributed by atoms with Crippen LogP contribution in [0.4, 0.5) is 17.1 Å². The van der Waals surface area contributed by atoms with Gasteiger partial charge in [-0.15, -0.1) is 0 Å². The largest absolute Gasteiger partial charge is 0.456 e. The summed E-state index contributed by atoms with van der Waals surface area (Å²) in [5, 5.41) is 3.88. The predicted molar refractivity (Wildman–Crippen MR) is 194 cm³/mol. The van der Waals surface area contributed by atoms with E-state index in [1.165, 1.54) is 0 Å². The van der Waals surface area contributed by atoms with E-state index in [2.05, 4.69) is 18.2 Å². The van der Waals surface area contributed by atoms with E-state index in [4.69, 9.17) is 12.6 Å². The standard InChI is InChI=1S/C44H29NO/c1-2-12-30(13-3-1)31-24-26-35(27-25-31)45(40-22-10-17-32-14-6-7-18-36(32)40)41-21-9-8-19-37(41)38-20-11-23-42-44(38)39-28-33-15-4-5-16-34(33)29-43(39)46-42/h1-29H/i6D,7D,10D,14D,17D,18D,22D. The molecule has 0 aliphatic rings. The highest BCUT2D eigenvalue weighted by atomic mass is 16.3. The normalized spacial score (nSPS) is 13.6. The van der Waals surface area contributed by atoms with Gasteiger partial charge in [0.1, 0.15) is 11.2 Å². The molecule has 9 rings (SSSR count). The molecule has 0 amide bonds. The highest BCUT2D eigenvalue weighted by Gasteiger charge is 2.21. The Morgan fingerprint density at radius 3 is 2.02 bits per heavy atom. The molecule has 0 bridgehead atoms. The Balaban J connectivity index is 1.38. The summed E-state index contributed by atoms with van der Waals surface area (Å²) >= 11 is 0. The van der Waals surface area contributed by atoms with Crippen molar-refractivity contribution in [2.45, 2.75) is 0 Å². The van der Waals surface area contributed by atoms with Crippen LogP contribution in [0.25, 0.3) is 65.7 Å². The lowest BCUT2D eigenvalue weighted by Crippen LogP contribution is -2.11. The van der Waals surface area contributed by atoms with Crippen LogP contribution in [0.2, 0.25) is 0 Å². The maximum absolute atomic E-state index is 9.36. The predicted octanol–water partition coefficient (Wildman–Crippen LogP) is 12.7. The molecule has 46 heavy (non-hydrogen) atoms. The lowest BCUT2D eigenvalue weighted by atomic mass is 9.95. The SMILES string of the molecule is [2H]c1c([2H])c([2H])c2c(N(c3ccc(-c4ccccc4)cc3)c3ccccc3-c3cccc4oc5cc6ccccc6cc5c34)c([2H])c([2H])c([2H])c2c1[2H]. The molecule has 0 N–H and O–H groups in total. The van der Waals surface area contributed by atoms with Gasteiger partial charge in [-0.3, -0.25) is 0 Å². The molecule has 0 radical (unpaired) electrons. The molecule has 9 aromatic rings. The summed E-state index contributed by atoms with van der Waals surface area (Å²) in [7, 11) is 0. The van der Waals surface area contributed by atoms with Gasteiger partial charge in [-0.1, -0.05) is 133 Å². The van der Waals surface area contributed by atoms with E-state index in [0.717, 1.165) is 49.4 Å². The van der Waals surface area contributed by atoms with Crippen molar-refractivity contribution in [1.29, 1.82) is 0 Å². The first-order valence-corrected chi connectivity index (χ1v) is 15.1. The van der Waals surface area contributed by atoms with E-state index in [-0.39, 0.29) is 28.5 Å². The van der Waals surface area contributed by atoms with Crippen molar-refractivity contribution in [3.63, 3.8) is 0 Å². The van der Waals surface area contributed by atoms with Crippen LogP contribution in [-0.2, 0) is 0 Å². The molecular formula is C44H29NO. The number of fused-ring (bicyclic) bond motifs is 5. The van der Waals surface area contributed by atoms with Crippen LogP contribution < -0.4 is 4.90 Å². The molecule has 8 aromatic carbocycles. The zero-order chi connectivity index (χ0) is 36.5. The van der Waals surface area contributed by atoms with Crippen molar-refractivity contribution in [3.05, 3.63) is 176 Å². The van der Waals surface area contributed by atoms with Crippen molar-refractivity contribution in [3.8, 4) is 22.3 Å². The van der Waals surface area contributed by atoms with Crippen molar-refractivity contribution in [1.82, 2.24) is 0 Å². The summed E-state index contributed by atoms with van der Waals surface area (Å²) in [5.74, 6) is 0. The topological polar surface area (TPSA) is 16.4 Å². The minimum Gasteiger partial charge on any atom is -0.456 e. The fourth-order valence-corrected chi connectivity index (χ4v) is 6.42. The molecule has 2 nitrogen and oxygen atoms in total. The third kappa shape index (κ3) is 4.35. The van der Waals surface area contributed by atoms with Crippen molar-refractivity contribution in [2.75, 3.05) is 4.90 Å². The van der Waals surface area contributed by atoms with Gasteiger partial charge < -0.3 is 9.32 Å². The molecular weight excluding hydrogens is 558 g/mol. The molecule has 0 spiro atoms. The second-order valence-electron chi connectivity index (χ2n) is 11.2. The van der Waals surface area contributed by atoms with E-state index >= 15 is 0 Å². The number of furan rings is 1. The minimum absolute atomic E-state index is 0.00220. The molecule has 0 aliphatic carbocycles. The molecule has 0 fully saturated rings. The van der Waals surface area contributed by atoms with Crippen molar-refractivity contribution >= 4 is 60.5 Å². The van der Waals surface area contributed by atoms with Crippen LogP contribution in [0.5, 0.6) is 0 Å². The Labute approximate surface area is 277 Å². The molecule has 1 heterocycles. The van der Waals surface area contributed by atoms with Gasteiger partial charge in [-0.25, -0.2) is 0 Å². The van der Waals surface area contributed by atoms with Crippen LogP contribution in [0.15, 0.2) is 180 Å². The quantitative estimate of drug-likeness (QED) is 0.197. The minimum atomic E-state index is -0.496. The second kappa shape index (κ2) is 10.8. The zero-order valence-corrected chi connectivity index (χ0v) is 24.6. The summed E-state index contributed by atoms with van der Waals surface area (Å²) in [5.41, 5.74) is 6.37. The Morgan fingerprint density at radius 2 is 1.15 bits per heavy atom. The van der Waals surface area contributed by atoms with Gasteiger partial charge in [0.15, 0.2) is 0 Å². The number of hydrogen-bond acceptors (Lipinski definition) is 2. The summed E-state index contributed by atoms with van der Waals surface area (Å²) in [6.45, 7) is 0. The molecule has 2 heteroatoms. The third-order valence-corrected chi connectivity index (χ3v) is 8.55. The summed E-state index contributed by atoms with van der Waals surface area (Å²) in [6, 6.07) is 40.7. The first kappa shape index (κ1) is 20.0. The van der Waals surface area contributed by atoms with Gasteiger partial charge in [0.05, 0.1) is 21.0 Å². The lowest BCUT2D eigenvalue weighted by molar-refractivity contribution is 0.669. The summed E-state index contributed by atoms with van der Waals surface area (Å²) in [4.78, 5) is 1.79. The lowest BCUT2D eigenvalue weighted by Gasteiger charge is -2.29. The average molecular weight is 595 g/mol. The van der Waals surface area contributed by atoms with E-state index in [1.54, 1.807) is 4.90 Å². The van der Waals surface area contributed by atoms with Crippen LogP contribution in [0.3, 0.4) is 0 Å². The fraction of sp³-hybridized carbons (Fsp3) is 0. The maximum atomic E-state index is 9.36. The van der Waals surface area contributed by atoms with Gasteiger partial charge in [0.2, 0.25) is 0 Å². The van der Waals surface area contributed by atoms with Crippen LogP contribution in [0, 0.1) is 0 Å². The monoisotopic (exact) mass is 594 g/mol. The van der Waals surface area contributed by atoms with Crippen LogP contribution >= 0.6 is 0 Å². The highest BCUT2D eigenvalue weighted by molar-refractivity contribution is 6.17. The summed E-state index contributed by atoms with van der Waals surface area (Å²) in [6.07, 6.45) is 0. The Morgan fingerprint density at radius 1 is 0.457 bits per heavy atom. The van der Waals surface area contributed by atoms with E-state index in [0.29, 0.717) is 17.0 Å². The Bertz CT molecular complexity index is 2910. The molecule has 216 valence electrons. The summed E-state index contributed by atoms with van der Waals surface area (Å²) < 4.78 is 68.5. The first-order valence-electron chi connectivity index (χ1n) is 18.6. The molecule has 0 saturated carbocycles. The number of hydrogen-bond donors (Lipinski definition) is 0. The Kier molecular flexibility index (Phi) is 4.70. The van der Waals surface area contributed by atoms with Gasteiger partial charge >= 0.3 is 0 Å². The van der Waals surface area contributed by atoms with Crippen molar-refractivity contribution < 1.29 is 14.0 Å². The van der Waals surface area contributed by atoms with Gasteiger partial charge in [0.25, 0.3) is 0 Å². The van der Waals surface area contributed by atoms with Gasteiger partial charge in [-0.2, -0.15) is 0 Å². The number of nitrogens with zero attached hydrogens (tertiary/aromatic N) is 1. The van der Waals surface area contributed by atoms with Gasteiger partial charge in [-0.05, 0) is 75.3 Å². The van der Waals surface area contributed by atoms with Crippen molar-refractivity contribution in [2.24, 2.45) is 0 Å². The van der Waals surface area contributed by atoms with Gasteiger partial charge in [0, 0.05) is 27.4 Å². The highest BCUT2D eigenvalue weighted by Crippen LogP contribution is 2.46. The fourth-order valence-electron chi connectivity index (χ4n) is 6.42. The molecule has 0 saturated heterocycles. The van der Waals surface area contributed by atoms with E-state index in [9.17, 15) is 1.37 Å². The first-order chi connectivity index (χ1) is 25.7. The Hall–Kier alpha value is -6.12. The van der Waals surface area contributed by atoms with E-state index in [1.807, 2.05) is 115 Å². The van der Waals surface area contributed by atoms with E-state index < -0.39 is 30.2 Å². The number of rotatable bonds is 5. The molecule has 0 atom stereocenters. The number of anilines is 3. The molecule has 0 unspecified atom stereocenters. The maximum Gasteiger partial charge on any atom is 0.136 e.